The molecule has 124 valence electrons. The highest BCUT2D eigenvalue weighted by molar-refractivity contribution is 6.03. The molecule has 1 unspecified atom stereocenters. The molecule has 0 saturated carbocycles. The summed E-state index contributed by atoms with van der Waals surface area (Å²) in [5, 5.41) is 18.7. The second-order valence-electron chi connectivity index (χ2n) is 5.71. The Hall–Kier alpha value is -3.02. The third kappa shape index (κ3) is 3.03. The zero-order valence-corrected chi connectivity index (χ0v) is 13.1. The summed E-state index contributed by atoms with van der Waals surface area (Å²) in [5.74, 6) is -1.22. The summed E-state index contributed by atoms with van der Waals surface area (Å²) < 4.78 is 5.75. The van der Waals surface area contributed by atoms with Crippen LogP contribution in [-0.4, -0.2) is 34.7 Å². The number of amides is 1. The lowest BCUT2D eigenvalue weighted by Gasteiger charge is -2.33. The first-order valence-corrected chi connectivity index (χ1v) is 7.53. The van der Waals surface area contributed by atoms with Crippen LogP contribution < -0.4 is 9.64 Å². The highest BCUT2D eigenvalue weighted by Crippen LogP contribution is 2.37. The Morgan fingerprint density at radius 1 is 1.25 bits per heavy atom. The summed E-state index contributed by atoms with van der Waals surface area (Å²) in [4.78, 5) is 25.0. The Morgan fingerprint density at radius 3 is 2.71 bits per heavy atom. The molecular formula is C18H17NO5. The number of hydrogen-bond acceptors (Lipinski definition) is 4. The summed E-state index contributed by atoms with van der Waals surface area (Å²) in [6.07, 6.45) is -0.503. The summed E-state index contributed by atoms with van der Waals surface area (Å²) in [6, 6.07) is 11.9. The van der Waals surface area contributed by atoms with Crippen molar-refractivity contribution in [3.8, 4) is 11.5 Å². The number of carboxylic acids is 1. The van der Waals surface area contributed by atoms with Crippen molar-refractivity contribution in [2.24, 2.45) is 0 Å². The number of hydrogen-bond donors (Lipinski definition) is 2. The lowest BCUT2D eigenvalue weighted by molar-refractivity contribution is -0.137. The zero-order valence-electron chi connectivity index (χ0n) is 13.1. The number of phenols is 1. The van der Waals surface area contributed by atoms with Crippen LogP contribution in [0, 0.1) is 6.92 Å². The second-order valence-corrected chi connectivity index (χ2v) is 5.71. The van der Waals surface area contributed by atoms with Gasteiger partial charge in [0.2, 0.25) is 0 Å². The molecule has 1 aliphatic heterocycles. The van der Waals surface area contributed by atoms with Gasteiger partial charge in [0.1, 0.15) is 18.0 Å². The fraction of sp³-hybridized carbons (Fsp3) is 0.222. The van der Waals surface area contributed by atoms with Crippen molar-refractivity contribution < 1.29 is 24.5 Å². The third-order valence-electron chi connectivity index (χ3n) is 4.00. The van der Waals surface area contributed by atoms with Gasteiger partial charge in [-0.15, -0.1) is 0 Å². The summed E-state index contributed by atoms with van der Waals surface area (Å²) in [5.41, 5.74) is 2.33. The smallest absolute Gasteiger partial charge is 0.323 e. The van der Waals surface area contributed by atoms with Crippen molar-refractivity contribution in [2.75, 3.05) is 11.4 Å². The van der Waals surface area contributed by atoms with E-state index in [4.69, 9.17) is 9.84 Å². The molecular weight excluding hydrogens is 310 g/mol. The maximum Gasteiger partial charge on any atom is 0.323 e. The summed E-state index contributed by atoms with van der Waals surface area (Å²) in [6.45, 7) is 1.49. The van der Waals surface area contributed by atoms with Gasteiger partial charge in [0.05, 0.1) is 5.69 Å². The first-order chi connectivity index (χ1) is 11.5. The molecule has 1 aliphatic rings. The Balaban J connectivity index is 1.96. The number of aryl methyl sites for hydroxylation is 1. The third-order valence-corrected chi connectivity index (χ3v) is 4.00. The van der Waals surface area contributed by atoms with E-state index in [0.29, 0.717) is 17.9 Å². The normalized spacial score (nSPS) is 16.5. The standard InChI is InChI=1S/C18H17NO5/c1-11-4-2-3-5-12(11)8-16-18(23)19(10-17(21)22)14-7-6-13(20)9-15(14)24-16/h2-7,9,16,20H,8,10H2,1H3,(H,21,22). The van der Waals surface area contributed by atoms with Gasteiger partial charge in [0.25, 0.3) is 5.91 Å². The molecule has 0 aromatic heterocycles. The average Bonchev–Trinajstić information content (AvgIpc) is 2.53. The number of rotatable bonds is 4. The number of ether oxygens (including phenoxy) is 1. The fourth-order valence-corrected chi connectivity index (χ4v) is 2.78. The molecule has 0 radical (unpaired) electrons. The number of aliphatic carboxylic acids is 1. The average molecular weight is 327 g/mol. The molecule has 2 N–H and O–H groups in total. The van der Waals surface area contributed by atoms with Gasteiger partial charge >= 0.3 is 5.97 Å². The highest BCUT2D eigenvalue weighted by Gasteiger charge is 2.35. The summed E-state index contributed by atoms with van der Waals surface area (Å²) in [7, 11) is 0. The molecule has 0 spiro atoms. The number of carbonyl (C=O) groups is 2. The van der Waals surface area contributed by atoms with E-state index in [1.807, 2.05) is 31.2 Å². The quantitative estimate of drug-likeness (QED) is 0.898. The topological polar surface area (TPSA) is 87.1 Å². The van der Waals surface area contributed by atoms with Crippen LogP contribution in [-0.2, 0) is 16.0 Å². The van der Waals surface area contributed by atoms with Crippen LogP contribution in [0.2, 0.25) is 0 Å². The molecule has 1 amide bonds. The molecule has 24 heavy (non-hydrogen) atoms. The van der Waals surface area contributed by atoms with E-state index in [-0.39, 0.29) is 5.75 Å². The number of aromatic hydroxyl groups is 1. The fourth-order valence-electron chi connectivity index (χ4n) is 2.78. The van der Waals surface area contributed by atoms with Gasteiger partial charge in [-0.25, -0.2) is 0 Å². The van der Waals surface area contributed by atoms with Gasteiger partial charge in [-0.3, -0.25) is 14.5 Å². The van der Waals surface area contributed by atoms with Crippen LogP contribution in [0.1, 0.15) is 11.1 Å². The lowest BCUT2D eigenvalue weighted by atomic mass is 10.0. The molecule has 1 heterocycles. The van der Waals surface area contributed by atoms with Gasteiger partial charge in [-0.05, 0) is 30.2 Å². The Morgan fingerprint density at radius 2 is 2.00 bits per heavy atom. The number of nitrogens with zero attached hydrogens (tertiary/aromatic N) is 1. The Labute approximate surface area is 138 Å². The molecule has 0 fully saturated rings. The maximum atomic E-state index is 12.7. The van der Waals surface area contributed by atoms with Crippen LogP contribution >= 0.6 is 0 Å². The van der Waals surface area contributed by atoms with E-state index < -0.39 is 24.5 Å². The molecule has 6 heteroatoms. The van der Waals surface area contributed by atoms with Crippen LogP contribution in [0.5, 0.6) is 11.5 Å². The second kappa shape index (κ2) is 6.23. The largest absolute Gasteiger partial charge is 0.508 e. The highest BCUT2D eigenvalue weighted by atomic mass is 16.5. The number of phenolic OH excluding ortho intramolecular Hbond substituents is 1. The van der Waals surface area contributed by atoms with Crippen molar-refractivity contribution in [1.82, 2.24) is 0 Å². The zero-order chi connectivity index (χ0) is 17.3. The number of carboxylic acid groups (broad SMARTS) is 1. The number of benzene rings is 2. The minimum Gasteiger partial charge on any atom is -0.508 e. The number of carbonyl (C=O) groups excluding carboxylic acids is 1. The SMILES string of the molecule is Cc1ccccc1CC1Oc2cc(O)ccc2N(CC(=O)O)C1=O. The summed E-state index contributed by atoms with van der Waals surface area (Å²) >= 11 is 0. The minimum absolute atomic E-state index is 0.00647. The van der Waals surface area contributed by atoms with Gasteiger partial charge in [-0.2, -0.15) is 0 Å². The Kier molecular flexibility index (Phi) is 4.12. The molecule has 2 aromatic rings. The predicted molar refractivity (Wildman–Crippen MR) is 87.4 cm³/mol. The van der Waals surface area contributed by atoms with Crippen molar-refractivity contribution in [3.05, 3.63) is 53.6 Å². The molecule has 6 nitrogen and oxygen atoms in total. The van der Waals surface area contributed by atoms with Crippen molar-refractivity contribution in [1.29, 1.82) is 0 Å². The van der Waals surface area contributed by atoms with Crippen molar-refractivity contribution in [3.63, 3.8) is 0 Å². The first kappa shape index (κ1) is 15.9. The first-order valence-electron chi connectivity index (χ1n) is 7.53. The van der Waals surface area contributed by atoms with E-state index in [0.717, 1.165) is 11.1 Å². The predicted octanol–water partition coefficient (Wildman–Crippen LogP) is 2.12. The van der Waals surface area contributed by atoms with Crippen LogP contribution in [0.15, 0.2) is 42.5 Å². The van der Waals surface area contributed by atoms with Crippen LogP contribution in [0.4, 0.5) is 5.69 Å². The van der Waals surface area contributed by atoms with Gasteiger partial charge in [-0.1, -0.05) is 24.3 Å². The van der Waals surface area contributed by atoms with Crippen LogP contribution in [0.25, 0.3) is 0 Å². The van der Waals surface area contributed by atoms with E-state index in [9.17, 15) is 14.7 Å². The van der Waals surface area contributed by atoms with E-state index in [2.05, 4.69) is 0 Å². The molecule has 1 atom stereocenters. The van der Waals surface area contributed by atoms with E-state index >= 15 is 0 Å². The molecule has 0 saturated heterocycles. The van der Waals surface area contributed by atoms with Crippen molar-refractivity contribution in [2.45, 2.75) is 19.4 Å². The molecule has 0 bridgehead atoms. The molecule has 2 aromatic carbocycles. The van der Waals surface area contributed by atoms with Crippen molar-refractivity contribution >= 4 is 17.6 Å². The van der Waals surface area contributed by atoms with Crippen LogP contribution in [0.3, 0.4) is 0 Å². The monoisotopic (exact) mass is 327 g/mol. The van der Waals surface area contributed by atoms with Gasteiger partial charge in [0, 0.05) is 12.5 Å². The minimum atomic E-state index is -1.11. The Bertz CT molecular complexity index is 802. The maximum absolute atomic E-state index is 12.7. The molecule has 0 aliphatic carbocycles. The van der Waals surface area contributed by atoms with E-state index in [1.54, 1.807) is 0 Å². The lowest BCUT2D eigenvalue weighted by Crippen LogP contribution is -2.48. The number of fused-ring (bicyclic) bond motifs is 1. The van der Waals surface area contributed by atoms with E-state index in [1.165, 1.54) is 23.1 Å². The van der Waals surface area contributed by atoms with Gasteiger partial charge < -0.3 is 14.9 Å². The molecule has 3 rings (SSSR count). The van der Waals surface area contributed by atoms with Gasteiger partial charge in [0.15, 0.2) is 6.10 Å². The number of anilines is 1.